The van der Waals surface area contributed by atoms with Crippen LogP contribution in [-0.2, 0) is 22.4 Å². The van der Waals surface area contributed by atoms with Crippen LogP contribution in [0.15, 0.2) is 18.2 Å². The molecule has 0 spiro atoms. The summed E-state index contributed by atoms with van der Waals surface area (Å²) < 4.78 is 5.06. The van der Waals surface area contributed by atoms with Gasteiger partial charge in [0.25, 0.3) is 0 Å². The molecule has 3 nitrogen and oxygen atoms in total. The molecule has 1 aliphatic heterocycles. The predicted molar refractivity (Wildman–Crippen MR) is 84.7 cm³/mol. The van der Waals surface area contributed by atoms with E-state index in [0.717, 1.165) is 19.5 Å². The standard InChI is InChI=1S/C18H25NO2/c1-2-21-18(20)11-14-9-10-19(13-14)17-8-7-15-5-3-4-6-16(15)12-17/h7-8,12,14H,2-6,9-11,13H2,1H3. The second kappa shape index (κ2) is 6.50. The number of rotatable bonds is 4. The summed E-state index contributed by atoms with van der Waals surface area (Å²) in [6.07, 6.45) is 6.77. The van der Waals surface area contributed by atoms with Crippen molar-refractivity contribution in [2.24, 2.45) is 5.92 Å². The van der Waals surface area contributed by atoms with Crippen molar-refractivity contribution in [1.82, 2.24) is 0 Å². The molecule has 0 aromatic heterocycles. The molecule has 114 valence electrons. The molecule has 1 aliphatic carbocycles. The number of hydrogen-bond donors (Lipinski definition) is 0. The quantitative estimate of drug-likeness (QED) is 0.795. The van der Waals surface area contributed by atoms with Crippen molar-refractivity contribution in [2.75, 3.05) is 24.6 Å². The van der Waals surface area contributed by atoms with Crippen LogP contribution < -0.4 is 4.90 Å². The Balaban J connectivity index is 1.62. The van der Waals surface area contributed by atoms with Gasteiger partial charge in [0.05, 0.1) is 13.0 Å². The van der Waals surface area contributed by atoms with Crippen LogP contribution in [0.3, 0.4) is 0 Å². The summed E-state index contributed by atoms with van der Waals surface area (Å²) >= 11 is 0. The molecule has 1 aromatic rings. The molecule has 2 aliphatic rings. The summed E-state index contributed by atoms with van der Waals surface area (Å²) in [5.74, 6) is 0.398. The molecule has 0 bridgehead atoms. The highest BCUT2D eigenvalue weighted by Crippen LogP contribution is 2.30. The summed E-state index contributed by atoms with van der Waals surface area (Å²) in [6.45, 7) is 4.40. The van der Waals surface area contributed by atoms with Crippen molar-refractivity contribution in [3.05, 3.63) is 29.3 Å². The maximum Gasteiger partial charge on any atom is 0.306 e. The van der Waals surface area contributed by atoms with Crippen molar-refractivity contribution in [3.8, 4) is 0 Å². The van der Waals surface area contributed by atoms with Crippen LogP contribution in [0.4, 0.5) is 5.69 Å². The molecule has 0 amide bonds. The third kappa shape index (κ3) is 3.39. The van der Waals surface area contributed by atoms with E-state index in [1.165, 1.54) is 42.5 Å². The van der Waals surface area contributed by atoms with Gasteiger partial charge in [0.15, 0.2) is 0 Å². The van der Waals surface area contributed by atoms with Crippen molar-refractivity contribution in [1.29, 1.82) is 0 Å². The first-order valence-corrected chi connectivity index (χ1v) is 8.28. The fraction of sp³-hybridized carbons (Fsp3) is 0.611. The average Bonchev–Trinajstić information content (AvgIpc) is 2.95. The molecule has 1 fully saturated rings. The van der Waals surface area contributed by atoms with Gasteiger partial charge >= 0.3 is 5.97 Å². The lowest BCUT2D eigenvalue weighted by atomic mass is 9.91. The molecule has 21 heavy (non-hydrogen) atoms. The number of esters is 1. The predicted octanol–water partition coefficient (Wildman–Crippen LogP) is 3.34. The molecule has 1 saturated heterocycles. The highest BCUT2D eigenvalue weighted by atomic mass is 16.5. The van der Waals surface area contributed by atoms with Gasteiger partial charge in [-0.15, -0.1) is 0 Å². The van der Waals surface area contributed by atoms with Gasteiger partial charge in [-0.1, -0.05) is 6.07 Å². The minimum atomic E-state index is -0.0465. The summed E-state index contributed by atoms with van der Waals surface area (Å²) in [4.78, 5) is 14.0. The zero-order chi connectivity index (χ0) is 14.7. The van der Waals surface area contributed by atoms with Crippen molar-refractivity contribution < 1.29 is 9.53 Å². The minimum Gasteiger partial charge on any atom is -0.466 e. The SMILES string of the molecule is CCOC(=O)CC1CCN(c2ccc3c(c2)CCCC3)C1. The van der Waals surface area contributed by atoms with Gasteiger partial charge in [-0.05, 0) is 68.2 Å². The molecule has 0 N–H and O–H groups in total. The van der Waals surface area contributed by atoms with E-state index < -0.39 is 0 Å². The minimum absolute atomic E-state index is 0.0465. The molecule has 1 heterocycles. The van der Waals surface area contributed by atoms with Gasteiger partial charge in [-0.3, -0.25) is 4.79 Å². The van der Waals surface area contributed by atoms with E-state index >= 15 is 0 Å². The molecule has 3 rings (SSSR count). The molecular formula is C18H25NO2. The summed E-state index contributed by atoms with van der Waals surface area (Å²) in [6, 6.07) is 6.95. The Hall–Kier alpha value is -1.51. The van der Waals surface area contributed by atoms with Gasteiger partial charge in [0.1, 0.15) is 0 Å². The zero-order valence-electron chi connectivity index (χ0n) is 12.9. The van der Waals surface area contributed by atoms with Crippen LogP contribution in [0.5, 0.6) is 0 Å². The number of ether oxygens (including phenoxy) is 1. The van der Waals surface area contributed by atoms with Crippen LogP contribution >= 0.6 is 0 Å². The van der Waals surface area contributed by atoms with Crippen molar-refractivity contribution in [2.45, 2.75) is 45.4 Å². The fourth-order valence-corrected chi connectivity index (χ4v) is 3.61. The first kappa shape index (κ1) is 14.4. The van der Waals surface area contributed by atoms with E-state index in [4.69, 9.17) is 4.74 Å². The van der Waals surface area contributed by atoms with Gasteiger partial charge in [-0.25, -0.2) is 0 Å². The average molecular weight is 287 g/mol. The Morgan fingerprint density at radius 2 is 2.10 bits per heavy atom. The van der Waals surface area contributed by atoms with Crippen LogP contribution in [0.2, 0.25) is 0 Å². The molecule has 1 atom stereocenters. The number of nitrogens with zero attached hydrogens (tertiary/aromatic N) is 1. The van der Waals surface area contributed by atoms with Crippen molar-refractivity contribution >= 4 is 11.7 Å². The maximum absolute atomic E-state index is 11.6. The Kier molecular flexibility index (Phi) is 4.47. The Morgan fingerprint density at radius 1 is 1.29 bits per heavy atom. The topological polar surface area (TPSA) is 29.5 Å². The van der Waals surface area contributed by atoms with Gasteiger partial charge < -0.3 is 9.64 Å². The van der Waals surface area contributed by atoms with Crippen LogP contribution in [0, 0.1) is 5.92 Å². The number of benzene rings is 1. The third-order valence-electron chi connectivity index (χ3n) is 4.74. The molecule has 0 radical (unpaired) electrons. The first-order chi connectivity index (χ1) is 10.3. The van der Waals surface area contributed by atoms with Gasteiger partial charge in [0, 0.05) is 18.8 Å². The van der Waals surface area contributed by atoms with E-state index in [0.29, 0.717) is 18.9 Å². The smallest absolute Gasteiger partial charge is 0.306 e. The lowest BCUT2D eigenvalue weighted by molar-refractivity contribution is -0.144. The van der Waals surface area contributed by atoms with Gasteiger partial charge in [-0.2, -0.15) is 0 Å². The Morgan fingerprint density at radius 3 is 2.90 bits per heavy atom. The van der Waals surface area contributed by atoms with E-state index in [-0.39, 0.29) is 5.97 Å². The Labute approximate surface area is 127 Å². The molecular weight excluding hydrogens is 262 g/mol. The van der Waals surface area contributed by atoms with Gasteiger partial charge in [0.2, 0.25) is 0 Å². The monoisotopic (exact) mass is 287 g/mol. The second-order valence-corrected chi connectivity index (χ2v) is 6.27. The largest absolute Gasteiger partial charge is 0.466 e. The molecule has 3 heteroatoms. The van der Waals surface area contributed by atoms with Crippen LogP contribution in [0.25, 0.3) is 0 Å². The van der Waals surface area contributed by atoms with E-state index in [1.54, 1.807) is 0 Å². The third-order valence-corrected chi connectivity index (χ3v) is 4.74. The number of carbonyl (C=O) groups is 1. The number of hydrogen-bond acceptors (Lipinski definition) is 3. The van der Waals surface area contributed by atoms with Crippen LogP contribution in [0.1, 0.15) is 43.7 Å². The summed E-state index contributed by atoms with van der Waals surface area (Å²) in [5.41, 5.74) is 4.40. The molecule has 1 unspecified atom stereocenters. The van der Waals surface area contributed by atoms with Crippen molar-refractivity contribution in [3.63, 3.8) is 0 Å². The summed E-state index contributed by atoms with van der Waals surface area (Å²) in [7, 11) is 0. The first-order valence-electron chi connectivity index (χ1n) is 8.28. The normalized spacial score (nSPS) is 21.2. The fourth-order valence-electron chi connectivity index (χ4n) is 3.61. The number of carbonyl (C=O) groups excluding carboxylic acids is 1. The van der Waals surface area contributed by atoms with E-state index in [1.807, 2.05) is 6.92 Å². The lowest BCUT2D eigenvalue weighted by Crippen LogP contribution is -2.21. The summed E-state index contributed by atoms with van der Waals surface area (Å²) in [5, 5.41) is 0. The number of fused-ring (bicyclic) bond motifs is 1. The molecule has 1 aromatic carbocycles. The maximum atomic E-state index is 11.6. The second-order valence-electron chi connectivity index (χ2n) is 6.27. The van der Waals surface area contributed by atoms with E-state index in [2.05, 4.69) is 23.1 Å². The molecule has 0 saturated carbocycles. The highest BCUT2D eigenvalue weighted by Gasteiger charge is 2.25. The highest BCUT2D eigenvalue weighted by molar-refractivity contribution is 5.70. The lowest BCUT2D eigenvalue weighted by Gasteiger charge is -2.22. The zero-order valence-corrected chi connectivity index (χ0v) is 12.9. The van der Waals surface area contributed by atoms with E-state index in [9.17, 15) is 4.79 Å². The Bertz CT molecular complexity index is 512. The van der Waals surface area contributed by atoms with Crippen LogP contribution in [-0.4, -0.2) is 25.7 Å². The number of anilines is 1. The number of aryl methyl sites for hydroxylation is 2.